The van der Waals surface area contributed by atoms with E-state index in [-0.39, 0.29) is 12.1 Å². The smallest absolute Gasteiger partial charge is 0.319 e. The van der Waals surface area contributed by atoms with Crippen molar-refractivity contribution in [1.29, 1.82) is 0 Å². The highest BCUT2D eigenvalue weighted by molar-refractivity contribution is 6.30. The lowest BCUT2D eigenvalue weighted by molar-refractivity contribution is 0.0184. The lowest BCUT2D eigenvalue weighted by Crippen LogP contribution is -2.64. The topological polar surface area (TPSA) is 57.3 Å². The van der Waals surface area contributed by atoms with E-state index >= 15 is 0 Å². The molecule has 2 bridgehead atoms. The Morgan fingerprint density at radius 2 is 1.96 bits per heavy atom. The average molecular weight is 371 g/mol. The van der Waals surface area contributed by atoms with Gasteiger partial charge in [0.25, 0.3) is 0 Å². The minimum atomic E-state index is -0.151. The molecule has 0 saturated carbocycles. The maximum atomic E-state index is 12.6. The number of hydrogen-bond acceptors (Lipinski definition) is 3. The Morgan fingerprint density at radius 1 is 1.19 bits per heavy atom. The van der Waals surface area contributed by atoms with E-state index in [1.165, 1.54) is 5.56 Å². The summed E-state index contributed by atoms with van der Waals surface area (Å²) in [6, 6.07) is 11.6. The molecular weight excluding hydrogens is 348 g/mol. The summed E-state index contributed by atoms with van der Waals surface area (Å²) in [5.41, 5.74) is 1.96. The Balaban J connectivity index is 1.45. The Kier molecular flexibility index (Phi) is 5.09. The SMILES string of the molecule is O=C(Nc1ccc(Cl)cc1)NC1C2CCN(CC2)C1Cc1cccnc1. The van der Waals surface area contributed by atoms with Gasteiger partial charge in [0, 0.05) is 35.2 Å². The van der Waals surface area contributed by atoms with Crippen molar-refractivity contribution in [2.45, 2.75) is 31.3 Å². The second-order valence-electron chi connectivity index (χ2n) is 7.14. The first-order chi connectivity index (χ1) is 12.7. The summed E-state index contributed by atoms with van der Waals surface area (Å²) in [7, 11) is 0. The molecule has 0 aliphatic carbocycles. The standard InChI is InChI=1S/C20H23ClN4O/c21-16-3-5-17(6-4-16)23-20(26)24-19-15-7-10-25(11-8-15)18(19)12-14-2-1-9-22-13-14/h1-6,9,13,15,18-19H,7-8,10-12H2,(H2,23,24,26). The number of hydrogen-bond donors (Lipinski definition) is 2. The molecule has 26 heavy (non-hydrogen) atoms. The third-order valence-electron chi connectivity index (χ3n) is 5.53. The predicted molar refractivity (Wildman–Crippen MR) is 103 cm³/mol. The quantitative estimate of drug-likeness (QED) is 0.865. The fourth-order valence-electron chi connectivity index (χ4n) is 4.23. The summed E-state index contributed by atoms with van der Waals surface area (Å²) in [4.78, 5) is 19.3. The summed E-state index contributed by atoms with van der Waals surface area (Å²) in [6.45, 7) is 2.24. The number of rotatable bonds is 4. The van der Waals surface area contributed by atoms with Crippen LogP contribution in [0.4, 0.5) is 10.5 Å². The van der Waals surface area contributed by atoms with Crippen LogP contribution >= 0.6 is 11.6 Å². The number of fused-ring (bicyclic) bond motifs is 3. The molecule has 2 unspecified atom stereocenters. The van der Waals surface area contributed by atoms with Crippen molar-refractivity contribution in [3.05, 3.63) is 59.4 Å². The number of urea groups is 1. The van der Waals surface area contributed by atoms with Gasteiger partial charge < -0.3 is 10.6 Å². The Hall–Kier alpha value is -2.11. The summed E-state index contributed by atoms with van der Waals surface area (Å²) in [6.07, 6.45) is 6.93. The maximum absolute atomic E-state index is 12.6. The van der Waals surface area contributed by atoms with E-state index in [0.717, 1.165) is 38.0 Å². The van der Waals surface area contributed by atoms with Gasteiger partial charge in [-0.05, 0) is 74.2 Å². The monoisotopic (exact) mass is 370 g/mol. The number of aromatic nitrogens is 1. The van der Waals surface area contributed by atoms with Gasteiger partial charge in [0.15, 0.2) is 0 Å². The first-order valence-corrected chi connectivity index (χ1v) is 9.53. The summed E-state index contributed by atoms with van der Waals surface area (Å²) >= 11 is 5.90. The number of nitrogens with zero attached hydrogens (tertiary/aromatic N) is 2. The lowest BCUT2D eigenvalue weighted by atomic mass is 9.77. The molecule has 2 aromatic rings. The highest BCUT2D eigenvalue weighted by Crippen LogP contribution is 2.34. The zero-order chi connectivity index (χ0) is 17.9. The number of halogens is 1. The van der Waals surface area contributed by atoms with Crippen LogP contribution in [0.2, 0.25) is 5.02 Å². The van der Waals surface area contributed by atoms with Crippen LogP contribution in [0.5, 0.6) is 0 Å². The number of pyridine rings is 1. The molecule has 0 radical (unpaired) electrons. The van der Waals surface area contributed by atoms with Crippen LogP contribution in [-0.4, -0.2) is 41.1 Å². The van der Waals surface area contributed by atoms with Gasteiger partial charge in [-0.1, -0.05) is 17.7 Å². The predicted octanol–water partition coefficient (Wildman–Crippen LogP) is 3.56. The van der Waals surface area contributed by atoms with Crippen molar-refractivity contribution in [2.75, 3.05) is 18.4 Å². The van der Waals surface area contributed by atoms with Crippen LogP contribution in [-0.2, 0) is 6.42 Å². The van der Waals surface area contributed by atoms with Gasteiger partial charge in [0.1, 0.15) is 0 Å². The number of carbonyl (C=O) groups excluding carboxylic acids is 1. The molecule has 3 saturated heterocycles. The molecule has 2 atom stereocenters. The van der Waals surface area contributed by atoms with Crippen molar-refractivity contribution in [1.82, 2.24) is 15.2 Å². The molecule has 3 aliphatic heterocycles. The summed E-state index contributed by atoms with van der Waals surface area (Å²) in [5.74, 6) is 0.539. The van der Waals surface area contributed by atoms with Gasteiger partial charge in [-0.3, -0.25) is 9.88 Å². The molecule has 0 spiro atoms. The Labute approximate surface area is 158 Å². The molecule has 5 nitrogen and oxygen atoms in total. The van der Waals surface area contributed by atoms with Crippen LogP contribution in [0.15, 0.2) is 48.8 Å². The maximum Gasteiger partial charge on any atom is 0.319 e. The minimum absolute atomic E-state index is 0.151. The molecule has 2 N–H and O–H groups in total. The van der Waals surface area contributed by atoms with Gasteiger partial charge in [-0.25, -0.2) is 4.79 Å². The van der Waals surface area contributed by atoms with E-state index in [2.05, 4.69) is 26.6 Å². The molecule has 5 rings (SSSR count). The molecule has 136 valence electrons. The van der Waals surface area contributed by atoms with E-state index in [1.807, 2.05) is 24.4 Å². The first kappa shape index (κ1) is 17.3. The van der Waals surface area contributed by atoms with Crippen molar-refractivity contribution >= 4 is 23.3 Å². The van der Waals surface area contributed by atoms with Crippen LogP contribution < -0.4 is 10.6 Å². The molecule has 3 aliphatic rings. The zero-order valence-electron chi connectivity index (χ0n) is 14.6. The van der Waals surface area contributed by atoms with E-state index < -0.39 is 0 Å². The van der Waals surface area contributed by atoms with E-state index in [1.54, 1.807) is 18.3 Å². The van der Waals surface area contributed by atoms with E-state index in [0.29, 0.717) is 17.0 Å². The van der Waals surface area contributed by atoms with E-state index in [4.69, 9.17) is 11.6 Å². The molecule has 2 amide bonds. The molecule has 3 fully saturated rings. The van der Waals surface area contributed by atoms with E-state index in [9.17, 15) is 4.79 Å². The molecule has 1 aromatic heterocycles. The normalized spacial score (nSPS) is 27.1. The largest absolute Gasteiger partial charge is 0.333 e. The molecule has 6 heteroatoms. The zero-order valence-corrected chi connectivity index (χ0v) is 15.3. The minimum Gasteiger partial charge on any atom is -0.333 e. The third kappa shape index (κ3) is 3.84. The summed E-state index contributed by atoms with van der Waals surface area (Å²) < 4.78 is 0. The molecule has 4 heterocycles. The highest BCUT2D eigenvalue weighted by atomic mass is 35.5. The van der Waals surface area contributed by atoms with Crippen LogP contribution in [0.25, 0.3) is 0 Å². The van der Waals surface area contributed by atoms with Crippen LogP contribution in [0, 0.1) is 5.92 Å². The second kappa shape index (κ2) is 7.64. The van der Waals surface area contributed by atoms with Gasteiger partial charge in [-0.15, -0.1) is 0 Å². The number of anilines is 1. The number of piperidine rings is 3. The van der Waals surface area contributed by atoms with Gasteiger partial charge in [0.2, 0.25) is 0 Å². The van der Waals surface area contributed by atoms with Gasteiger partial charge in [0.05, 0.1) is 0 Å². The number of nitrogens with one attached hydrogen (secondary N) is 2. The van der Waals surface area contributed by atoms with Gasteiger partial charge in [-0.2, -0.15) is 0 Å². The highest BCUT2D eigenvalue weighted by Gasteiger charge is 2.42. The van der Waals surface area contributed by atoms with Crippen LogP contribution in [0.1, 0.15) is 18.4 Å². The third-order valence-corrected chi connectivity index (χ3v) is 5.79. The fraction of sp³-hybridized carbons (Fsp3) is 0.400. The second-order valence-corrected chi connectivity index (χ2v) is 7.57. The van der Waals surface area contributed by atoms with Crippen LogP contribution in [0.3, 0.4) is 0 Å². The van der Waals surface area contributed by atoms with Gasteiger partial charge >= 0.3 is 6.03 Å². The first-order valence-electron chi connectivity index (χ1n) is 9.15. The molecule has 1 aromatic carbocycles. The lowest BCUT2D eigenvalue weighted by Gasteiger charge is -2.51. The number of carbonyl (C=O) groups is 1. The number of benzene rings is 1. The van der Waals surface area contributed by atoms with Crippen molar-refractivity contribution in [2.24, 2.45) is 5.92 Å². The fourth-order valence-corrected chi connectivity index (χ4v) is 4.36. The Bertz CT molecular complexity index is 744. The summed E-state index contributed by atoms with van der Waals surface area (Å²) in [5, 5.41) is 6.82. The van der Waals surface area contributed by atoms with Crippen molar-refractivity contribution < 1.29 is 4.79 Å². The van der Waals surface area contributed by atoms with Crippen molar-refractivity contribution in [3.63, 3.8) is 0 Å². The molecular formula is C20H23ClN4O. The Morgan fingerprint density at radius 3 is 2.65 bits per heavy atom. The number of amides is 2. The van der Waals surface area contributed by atoms with Crippen molar-refractivity contribution in [3.8, 4) is 0 Å². The average Bonchev–Trinajstić information content (AvgIpc) is 2.67.